The standard InChI is InChI=1S/C20H36N4O6S/c1-5-11(2)15(21)19(28)24-9-6-7-14(24)18(27)22-13(8-10-31-4)17(26)23-16(12(3)25)20(29)30/h11-16,25H,5-10,21H2,1-4H3,(H,22,27)(H,23,26)(H,29,30). The highest BCUT2D eigenvalue weighted by atomic mass is 32.2. The van der Waals surface area contributed by atoms with Crippen molar-refractivity contribution in [2.24, 2.45) is 11.7 Å². The van der Waals surface area contributed by atoms with Gasteiger partial charge < -0.3 is 31.5 Å². The Balaban J connectivity index is 2.91. The third kappa shape index (κ3) is 7.65. The summed E-state index contributed by atoms with van der Waals surface area (Å²) < 4.78 is 0. The molecule has 0 saturated carbocycles. The van der Waals surface area contributed by atoms with Gasteiger partial charge in [0.2, 0.25) is 17.7 Å². The van der Waals surface area contributed by atoms with Crippen molar-refractivity contribution >= 4 is 35.5 Å². The number of carboxylic acid groups (broad SMARTS) is 1. The molecule has 1 rings (SSSR count). The molecule has 6 unspecified atom stereocenters. The smallest absolute Gasteiger partial charge is 0.328 e. The number of amides is 3. The highest BCUT2D eigenvalue weighted by molar-refractivity contribution is 7.98. The summed E-state index contributed by atoms with van der Waals surface area (Å²) in [7, 11) is 0. The number of nitrogens with one attached hydrogen (secondary N) is 2. The van der Waals surface area contributed by atoms with Gasteiger partial charge in [-0.2, -0.15) is 11.8 Å². The zero-order valence-electron chi connectivity index (χ0n) is 18.7. The lowest BCUT2D eigenvalue weighted by Gasteiger charge is -2.30. The number of aliphatic hydroxyl groups is 1. The largest absolute Gasteiger partial charge is 0.480 e. The van der Waals surface area contributed by atoms with Crippen molar-refractivity contribution in [1.29, 1.82) is 0 Å². The summed E-state index contributed by atoms with van der Waals surface area (Å²) in [5, 5.41) is 23.8. The number of carboxylic acids is 1. The van der Waals surface area contributed by atoms with Crippen LogP contribution in [0.15, 0.2) is 0 Å². The molecule has 1 aliphatic rings. The number of carbonyl (C=O) groups is 4. The lowest BCUT2D eigenvalue weighted by molar-refractivity contribution is -0.145. The van der Waals surface area contributed by atoms with Gasteiger partial charge in [0, 0.05) is 6.54 Å². The molecule has 1 fully saturated rings. The van der Waals surface area contributed by atoms with Crippen LogP contribution in [0, 0.1) is 5.92 Å². The van der Waals surface area contributed by atoms with E-state index in [0.717, 1.165) is 6.42 Å². The predicted octanol–water partition coefficient (Wildman–Crippen LogP) is -0.461. The van der Waals surface area contributed by atoms with Crippen molar-refractivity contribution < 1.29 is 29.4 Å². The summed E-state index contributed by atoms with van der Waals surface area (Å²) in [6, 6.07) is -3.89. The van der Waals surface area contributed by atoms with Gasteiger partial charge in [-0.15, -0.1) is 0 Å². The minimum atomic E-state index is -1.49. The maximum absolute atomic E-state index is 13.0. The monoisotopic (exact) mass is 460 g/mol. The number of aliphatic carboxylic acids is 1. The van der Waals surface area contributed by atoms with Crippen LogP contribution >= 0.6 is 11.8 Å². The zero-order valence-corrected chi connectivity index (χ0v) is 19.5. The number of hydrogen-bond donors (Lipinski definition) is 5. The van der Waals surface area contributed by atoms with E-state index in [9.17, 15) is 29.4 Å². The van der Waals surface area contributed by atoms with E-state index in [1.165, 1.54) is 23.6 Å². The molecule has 10 nitrogen and oxygen atoms in total. The maximum Gasteiger partial charge on any atom is 0.328 e. The molecular formula is C20H36N4O6S. The van der Waals surface area contributed by atoms with Crippen LogP contribution in [0.5, 0.6) is 0 Å². The van der Waals surface area contributed by atoms with Gasteiger partial charge in [0.15, 0.2) is 6.04 Å². The molecule has 6 atom stereocenters. The van der Waals surface area contributed by atoms with E-state index < -0.39 is 48.1 Å². The van der Waals surface area contributed by atoms with E-state index in [1.54, 1.807) is 0 Å². The lowest BCUT2D eigenvalue weighted by Crippen LogP contribution is -2.58. The maximum atomic E-state index is 13.0. The molecule has 3 amide bonds. The molecule has 0 aromatic rings. The van der Waals surface area contributed by atoms with Gasteiger partial charge in [0.25, 0.3) is 0 Å². The number of hydrogen-bond acceptors (Lipinski definition) is 7. The molecular weight excluding hydrogens is 424 g/mol. The second-order valence-corrected chi connectivity index (χ2v) is 8.99. The Morgan fingerprint density at radius 1 is 1.23 bits per heavy atom. The van der Waals surface area contributed by atoms with Gasteiger partial charge in [-0.25, -0.2) is 4.79 Å². The first-order chi connectivity index (χ1) is 14.5. The van der Waals surface area contributed by atoms with E-state index in [0.29, 0.717) is 25.1 Å². The average molecular weight is 461 g/mol. The first-order valence-electron chi connectivity index (χ1n) is 10.6. The van der Waals surface area contributed by atoms with Crippen molar-refractivity contribution in [2.45, 2.75) is 76.7 Å². The van der Waals surface area contributed by atoms with Crippen LogP contribution in [0.3, 0.4) is 0 Å². The van der Waals surface area contributed by atoms with Gasteiger partial charge in [0.1, 0.15) is 12.1 Å². The molecule has 0 aromatic carbocycles. The van der Waals surface area contributed by atoms with Crippen molar-refractivity contribution in [1.82, 2.24) is 15.5 Å². The Morgan fingerprint density at radius 2 is 1.87 bits per heavy atom. The number of thioether (sulfide) groups is 1. The van der Waals surface area contributed by atoms with Crippen LogP contribution < -0.4 is 16.4 Å². The average Bonchev–Trinajstić information content (AvgIpc) is 3.22. The van der Waals surface area contributed by atoms with Gasteiger partial charge in [-0.05, 0) is 44.1 Å². The number of likely N-dealkylation sites (tertiary alicyclic amines) is 1. The molecule has 1 heterocycles. The number of rotatable bonds is 12. The number of nitrogens with two attached hydrogens (primary N) is 1. The van der Waals surface area contributed by atoms with Gasteiger partial charge in [-0.1, -0.05) is 20.3 Å². The topological polar surface area (TPSA) is 162 Å². The molecule has 1 saturated heterocycles. The third-order valence-electron chi connectivity index (χ3n) is 5.67. The van der Waals surface area contributed by atoms with Crippen LogP contribution in [0.1, 0.15) is 46.5 Å². The highest BCUT2D eigenvalue weighted by Crippen LogP contribution is 2.21. The Morgan fingerprint density at radius 3 is 2.39 bits per heavy atom. The zero-order chi connectivity index (χ0) is 23.7. The van der Waals surface area contributed by atoms with E-state index in [1.807, 2.05) is 20.1 Å². The Kier molecular flexibility index (Phi) is 11.3. The molecule has 6 N–H and O–H groups in total. The predicted molar refractivity (Wildman–Crippen MR) is 118 cm³/mol. The highest BCUT2D eigenvalue weighted by Gasteiger charge is 2.38. The van der Waals surface area contributed by atoms with E-state index in [-0.39, 0.29) is 18.2 Å². The quantitative estimate of drug-likeness (QED) is 0.261. The van der Waals surface area contributed by atoms with Crippen molar-refractivity contribution in [3.8, 4) is 0 Å². The molecule has 0 spiro atoms. The minimum absolute atomic E-state index is 0.0228. The molecule has 178 valence electrons. The first-order valence-corrected chi connectivity index (χ1v) is 12.0. The summed E-state index contributed by atoms with van der Waals surface area (Å²) in [6.45, 7) is 5.51. The Labute approximate surface area is 187 Å². The third-order valence-corrected chi connectivity index (χ3v) is 6.31. The van der Waals surface area contributed by atoms with Gasteiger partial charge in [0.05, 0.1) is 12.1 Å². The van der Waals surface area contributed by atoms with Gasteiger partial charge in [-0.3, -0.25) is 14.4 Å². The fourth-order valence-corrected chi connectivity index (χ4v) is 3.88. The molecule has 0 radical (unpaired) electrons. The molecule has 31 heavy (non-hydrogen) atoms. The molecule has 1 aliphatic heterocycles. The molecule has 0 bridgehead atoms. The second kappa shape index (κ2) is 12.9. The molecule has 0 aromatic heterocycles. The van der Waals surface area contributed by atoms with Crippen LogP contribution in [-0.2, 0) is 19.2 Å². The first kappa shape index (κ1) is 27.2. The van der Waals surface area contributed by atoms with Crippen molar-refractivity contribution in [3.63, 3.8) is 0 Å². The van der Waals surface area contributed by atoms with Crippen LogP contribution in [-0.4, -0.2) is 87.6 Å². The summed E-state index contributed by atoms with van der Waals surface area (Å²) in [5.74, 6) is -2.28. The number of carbonyl (C=O) groups excluding carboxylic acids is 3. The lowest BCUT2D eigenvalue weighted by atomic mass is 9.98. The fraction of sp³-hybridized carbons (Fsp3) is 0.800. The van der Waals surface area contributed by atoms with Crippen molar-refractivity contribution in [2.75, 3.05) is 18.6 Å². The van der Waals surface area contributed by atoms with Crippen LogP contribution in [0.4, 0.5) is 0 Å². The van der Waals surface area contributed by atoms with E-state index >= 15 is 0 Å². The summed E-state index contributed by atoms with van der Waals surface area (Å²) in [4.78, 5) is 51.2. The summed E-state index contributed by atoms with van der Waals surface area (Å²) >= 11 is 1.48. The summed E-state index contributed by atoms with van der Waals surface area (Å²) in [6.07, 6.45) is 2.68. The summed E-state index contributed by atoms with van der Waals surface area (Å²) in [5.41, 5.74) is 6.07. The van der Waals surface area contributed by atoms with Crippen LogP contribution in [0.2, 0.25) is 0 Å². The van der Waals surface area contributed by atoms with Crippen LogP contribution in [0.25, 0.3) is 0 Å². The SMILES string of the molecule is CCC(C)C(N)C(=O)N1CCCC1C(=O)NC(CCSC)C(=O)NC(C(=O)O)C(C)O. The van der Waals surface area contributed by atoms with E-state index in [4.69, 9.17) is 5.73 Å². The number of aliphatic hydroxyl groups excluding tert-OH is 1. The normalized spacial score (nSPS) is 21.0. The number of nitrogens with zero attached hydrogens (tertiary/aromatic N) is 1. The van der Waals surface area contributed by atoms with Gasteiger partial charge >= 0.3 is 5.97 Å². The van der Waals surface area contributed by atoms with E-state index in [2.05, 4.69) is 10.6 Å². The fourth-order valence-electron chi connectivity index (χ4n) is 3.41. The Bertz CT molecular complexity index is 647. The second-order valence-electron chi connectivity index (χ2n) is 8.01. The minimum Gasteiger partial charge on any atom is -0.480 e. The van der Waals surface area contributed by atoms with Crippen molar-refractivity contribution in [3.05, 3.63) is 0 Å². The molecule has 11 heteroatoms. The Hall–Kier alpha value is -1.85. The molecule has 0 aliphatic carbocycles.